The van der Waals surface area contributed by atoms with Crippen LogP contribution in [-0.4, -0.2) is 11.3 Å². The molecule has 3 rings (SSSR count). The fourth-order valence-corrected chi connectivity index (χ4v) is 7.33. The molecule has 1 aliphatic heterocycles. The minimum absolute atomic E-state index is 0.0153. The normalized spacial score (nSPS) is 32.7. The van der Waals surface area contributed by atoms with E-state index in [-0.39, 0.29) is 7.92 Å². The van der Waals surface area contributed by atoms with Crippen molar-refractivity contribution in [3.8, 4) is 0 Å². The lowest BCUT2D eigenvalue weighted by atomic mass is 9.97. The van der Waals surface area contributed by atoms with Gasteiger partial charge in [0.25, 0.3) is 0 Å². The van der Waals surface area contributed by atoms with Crippen molar-refractivity contribution in [1.29, 1.82) is 0 Å². The largest absolute Gasteiger partial charge is 0.0839 e. The van der Waals surface area contributed by atoms with Gasteiger partial charge in [0.2, 0.25) is 0 Å². The van der Waals surface area contributed by atoms with Gasteiger partial charge >= 0.3 is 0 Å². The monoisotopic (exact) mass is 298 g/mol. The van der Waals surface area contributed by atoms with Crippen molar-refractivity contribution >= 4 is 13.5 Å². The quantitative estimate of drug-likeness (QED) is 0.541. The van der Waals surface area contributed by atoms with Crippen LogP contribution >= 0.6 is 7.92 Å². The van der Waals surface area contributed by atoms with E-state index in [0.717, 1.165) is 11.3 Å². The Bertz CT molecular complexity index is 516. The van der Waals surface area contributed by atoms with Gasteiger partial charge in [-0.05, 0) is 66.3 Å². The van der Waals surface area contributed by atoms with E-state index in [9.17, 15) is 0 Å². The number of rotatable bonds is 2. The molecule has 0 radical (unpaired) electrons. The summed E-state index contributed by atoms with van der Waals surface area (Å²) in [6.45, 7) is 4.97. The minimum atomic E-state index is 0.0153. The molecule has 0 nitrogen and oxygen atoms in total. The molecular weight excluding hydrogens is 271 g/mol. The molecule has 0 saturated carbocycles. The van der Waals surface area contributed by atoms with Crippen molar-refractivity contribution in [3.05, 3.63) is 53.4 Å². The summed E-state index contributed by atoms with van der Waals surface area (Å²) >= 11 is 0. The average molecular weight is 298 g/mol. The number of allylic oxidation sites excluding steroid dienone is 4. The van der Waals surface area contributed by atoms with Crippen LogP contribution in [0.25, 0.3) is 5.57 Å². The molecule has 1 aromatic rings. The van der Waals surface area contributed by atoms with Crippen molar-refractivity contribution in [2.45, 2.75) is 63.7 Å². The Balaban J connectivity index is 2.07. The highest BCUT2D eigenvalue weighted by Gasteiger charge is 2.33. The molecule has 1 aromatic carbocycles. The summed E-state index contributed by atoms with van der Waals surface area (Å²) in [5.41, 5.74) is 4.91. The Hall–Kier alpha value is -0.870. The fourth-order valence-electron chi connectivity index (χ4n) is 3.83. The summed E-state index contributed by atoms with van der Waals surface area (Å²) in [7, 11) is 0.0153. The number of hydrogen-bond donors (Lipinski definition) is 0. The van der Waals surface area contributed by atoms with Crippen molar-refractivity contribution < 1.29 is 0 Å². The first kappa shape index (κ1) is 15.0. The van der Waals surface area contributed by atoms with E-state index in [1.807, 2.05) is 0 Å². The van der Waals surface area contributed by atoms with Gasteiger partial charge in [0.1, 0.15) is 0 Å². The zero-order chi connectivity index (χ0) is 14.7. The van der Waals surface area contributed by atoms with E-state index in [2.05, 4.69) is 56.3 Å². The molecule has 0 unspecified atom stereocenters. The Morgan fingerprint density at radius 3 is 2.38 bits per heavy atom. The van der Waals surface area contributed by atoms with E-state index in [1.54, 1.807) is 10.9 Å². The average Bonchev–Trinajstić information content (AvgIpc) is 2.80. The summed E-state index contributed by atoms with van der Waals surface area (Å²) in [5, 5.41) is 1.72. The highest BCUT2D eigenvalue weighted by molar-refractivity contribution is 7.64. The van der Waals surface area contributed by atoms with Gasteiger partial charge in [-0.25, -0.2) is 0 Å². The van der Waals surface area contributed by atoms with Crippen molar-refractivity contribution in [2.24, 2.45) is 0 Å². The number of benzene rings is 1. The van der Waals surface area contributed by atoms with Crippen molar-refractivity contribution in [2.75, 3.05) is 0 Å². The van der Waals surface area contributed by atoms with Crippen LogP contribution in [0.15, 0.2) is 47.8 Å². The zero-order valence-corrected chi connectivity index (χ0v) is 14.3. The second-order valence-electron chi connectivity index (χ2n) is 6.56. The molecule has 1 saturated heterocycles. The predicted molar refractivity (Wildman–Crippen MR) is 96.0 cm³/mol. The maximum absolute atomic E-state index is 2.51. The van der Waals surface area contributed by atoms with Gasteiger partial charge in [0.15, 0.2) is 0 Å². The molecule has 1 heterocycles. The molecule has 1 aliphatic carbocycles. The molecular formula is C20H27P. The third-order valence-corrected chi connectivity index (χ3v) is 8.38. The van der Waals surface area contributed by atoms with Crippen molar-refractivity contribution in [3.63, 3.8) is 0 Å². The van der Waals surface area contributed by atoms with E-state index in [0.29, 0.717) is 0 Å². The predicted octanol–water partition coefficient (Wildman–Crippen LogP) is 6.58. The van der Waals surface area contributed by atoms with Crippen LogP contribution < -0.4 is 0 Å². The van der Waals surface area contributed by atoms with Crippen LogP contribution in [-0.2, 0) is 0 Å². The SMILES string of the molecule is C[C@H]1CC[C@H](C)P1C1=C(\c2ccccc2)CCCC/C=C\1. The molecule has 1 heteroatoms. The molecule has 0 aromatic heterocycles. The van der Waals surface area contributed by atoms with Crippen LogP contribution in [0, 0.1) is 0 Å². The Morgan fingerprint density at radius 2 is 1.67 bits per heavy atom. The van der Waals surface area contributed by atoms with Crippen LogP contribution in [0.5, 0.6) is 0 Å². The molecule has 0 bridgehead atoms. The zero-order valence-electron chi connectivity index (χ0n) is 13.4. The lowest BCUT2D eigenvalue weighted by Gasteiger charge is -2.27. The number of hydrogen-bond acceptors (Lipinski definition) is 0. The third-order valence-electron chi connectivity index (χ3n) is 4.98. The van der Waals surface area contributed by atoms with Crippen LogP contribution in [0.1, 0.15) is 57.9 Å². The first-order valence-electron chi connectivity index (χ1n) is 8.51. The molecule has 2 atom stereocenters. The molecule has 0 spiro atoms. The van der Waals surface area contributed by atoms with Gasteiger partial charge in [-0.15, -0.1) is 0 Å². The summed E-state index contributed by atoms with van der Waals surface area (Å²) in [5.74, 6) is 0. The standard InChI is InChI=1S/C20H27P/c1-16-14-15-17(2)21(16)20-13-9-4-3-8-12-19(20)18-10-6-5-7-11-18/h5-7,9-11,13,16-17H,3-4,8,12,14-15H2,1-2H3/b13-9-,20-19-/t16-,17-/m0/s1. The summed E-state index contributed by atoms with van der Waals surface area (Å²) in [6.07, 6.45) is 13.0. The van der Waals surface area contributed by atoms with Crippen LogP contribution in [0.2, 0.25) is 0 Å². The van der Waals surface area contributed by atoms with Gasteiger partial charge in [-0.3, -0.25) is 0 Å². The summed E-state index contributed by atoms with van der Waals surface area (Å²) < 4.78 is 0. The Labute approximate surface area is 131 Å². The van der Waals surface area contributed by atoms with E-state index >= 15 is 0 Å². The molecule has 2 aliphatic rings. The molecule has 112 valence electrons. The van der Waals surface area contributed by atoms with Gasteiger partial charge in [0, 0.05) is 0 Å². The summed E-state index contributed by atoms with van der Waals surface area (Å²) in [6, 6.07) is 11.1. The van der Waals surface area contributed by atoms with Gasteiger partial charge in [-0.1, -0.05) is 64.3 Å². The molecule has 0 N–H and O–H groups in total. The lowest BCUT2D eigenvalue weighted by molar-refractivity contribution is 0.765. The fraction of sp³-hybridized carbons (Fsp3) is 0.500. The highest BCUT2D eigenvalue weighted by atomic mass is 31.1. The Morgan fingerprint density at radius 1 is 0.952 bits per heavy atom. The third kappa shape index (κ3) is 3.32. The van der Waals surface area contributed by atoms with E-state index in [1.165, 1.54) is 44.1 Å². The second-order valence-corrected chi connectivity index (χ2v) is 9.62. The van der Waals surface area contributed by atoms with Gasteiger partial charge in [-0.2, -0.15) is 0 Å². The lowest BCUT2D eigenvalue weighted by Crippen LogP contribution is -2.02. The minimum Gasteiger partial charge on any atom is -0.0839 e. The van der Waals surface area contributed by atoms with E-state index in [4.69, 9.17) is 0 Å². The van der Waals surface area contributed by atoms with Gasteiger partial charge in [0.05, 0.1) is 0 Å². The Kier molecular flexibility index (Phi) is 4.96. The molecule has 0 amide bonds. The van der Waals surface area contributed by atoms with Crippen LogP contribution in [0.3, 0.4) is 0 Å². The molecule has 21 heavy (non-hydrogen) atoms. The molecule has 1 fully saturated rings. The maximum Gasteiger partial charge on any atom is -0.0195 e. The highest BCUT2D eigenvalue weighted by Crippen LogP contribution is 2.63. The van der Waals surface area contributed by atoms with Gasteiger partial charge < -0.3 is 0 Å². The second kappa shape index (κ2) is 6.93. The smallest absolute Gasteiger partial charge is 0.0195 e. The van der Waals surface area contributed by atoms with Crippen molar-refractivity contribution in [1.82, 2.24) is 0 Å². The first-order valence-corrected chi connectivity index (χ1v) is 9.99. The maximum atomic E-state index is 2.51. The van der Waals surface area contributed by atoms with E-state index < -0.39 is 0 Å². The van der Waals surface area contributed by atoms with Crippen LogP contribution in [0.4, 0.5) is 0 Å². The summed E-state index contributed by atoms with van der Waals surface area (Å²) in [4.78, 5) is 0. The topological polar surface area (TPSA) is 0 Å². The first-order chi connectivity index (χ1) is 10.3.